The number of ether oxygens (including phenoxy) is 2. The average Bonchev–Trinajstić information content (AvgIpc) is 2.38. The largest absolute Gasteiger partial charge is 0.376 e. The maximum Gasteiger partial charge on any atom is 0.153 e. The lowest BCUT2D eigenvalue weighted by atomic mass is 9.94. The fraction of sp³-hybridized carbons (Fsp3) is 0.500. The van der Waals surface area contributed by atoms with Crippen molar-refractivity contribution < 1.29 is 9.47 Å². The van der Waals surface area contributed by atoms with Crippen LogP contribution in [0.15, 0.2) is 30.3 Å². The zero-order valence-electron chi connectivity index (χ0n) is 10.9. The second-order valence-electron chi connectivity index (χ2n) is 4.42. The van der Waals surface area contributed by atoms with Gasteiger partial charge in [-0.2, -0.15) is 5.26 Å². The van der Waals surface area contributed by atoms with Gasteiger partial charge in [-0.05, 0) is 19.4 Å². The Morgan fingerprint density at radius 2 is 1.94 bits per heavy atom. The molecule has 0 aromatic heterocycles. The Balaban J connectivity index is 2.45. The first-order valence-corrected chi connectivity index (χ1v) is 6.03. The fourth-order valence-corrected chi connectivity index (χ4v) is 1.49. The van der Waals surface area contributed by atoms with Gasteiger partial charge in [0, 0.05) is 0 Å². The van der Waals surface area contributed by atoms with Crippen LogP contribution in [-0.4, -0.2) is 25.9 Å². The van der Waals surface area contributed by atoms with E-state index >= 15 is 0 Å². The molecule has 0 radical (unpaired) electrons. The van der Waals surface area contributed by atoms with Crippen molar-refractivity contribution in [3.05, 3.63) is 35.9 Å². The molecule has 1 atom stereocenters. The Hall–Kier alpha value is -1.41. The smallest absolute Gasteiger partial charge is 0.153 e. The molecular formula is C14H20N2O2. The molecule has 1 aromatic carbocycles. The summed E-state index contributed by atoms with van der Waals surface area (Å²) in [6.45, 7) is 5.04. The van der Waals surface area contributed by atoms with Crippen molar-refractivity contribution in [1.29, 1.82) is 5.26 Å². The molecule has 0 aliphatic heterocycles. The summed E-state index contributed by atoms with van der Waals surface area (Å²) < 4.78 is 10.8. The Bertz CT molecular complexity index is 387. The van der Waals surface area contributed by atoms with Crippen molar-refractivity contribution in [3.8, 4) is 6.07 Å². The minimum Gasteiger partial charge on any atom is -0.376 e. The summed E-state index contributed by atoms with van der Waals surface area (Å²) in [4.78, 5) is 0. The van der Waals surface area contributed by atoms with Gasteiger partial charge in [0.25, 0.3) is 0 Å². The fourth-order valence-electron chi connectivity index (χ4n) is 1.49. The number of nitrogens with zero attached hydrogens (tertiary/aromatic N) is 1. The van der Waals surface area contributed by atoms with Crippen LogP contribution in [0.3, 0.4) is 0 Å². The highest BCUT2D eigenvalue weighted by atomic mass is 16.5. The van der Waals surface area contributed by atoms with Crippen LogP contribution in [0, 0.1) is 11.3 Å². The number of hydrogen-bond donors (Lipinski definition) is 1. The summed E-state index contributed by atoms with van der Waals surface area (Å²) in [6.07, 6.45) is 0.182. The van der Waals surface area contributed by atoms with Gasteiger partial charge in [-0.3, -0.25) is 0 Å². The van der Waals surface area contributed by atoms with Crippen LogP contribution < -0.4 is 5.73 Å². The third-order valence-electron chi connectivity index (χ3n) is 2.50. The van der Waals surface area contributed by atoms with Crippen LogP contribution in [0.25, 0.3) is 0 Å². The lowest BCUT2D eigenvalue weighted by molar-refractivity contribution is 0.0106. The molecule has 0 bridgehead atoms. The Morgan fingerprint density at radius 3 is 2.50 bits per heavy atom. The maximum absolute atomic E-state index is 9.20. The van der Waals surface area contributed by atoms with Crippen molar-refractivity contribution in [2.45, 2.75) is 25.5 Å². The van der Waals surface area contributed by atoms with Crippen molar-refractivity contribution in [2.24, 2.45) is 5.73 Å². The third-order valence-corrected chi connectivity index (χ3v) is 2.50. The van der Waals surface area contributed by atoms with E-state index in [1.54, 1.807) is 0 Å². The number of nitriles is 1. The molecule has 98 valence electrons. The molecule has 0 aliphatic rings. The highest BCUT2D eigenvalue weighted by Gasteiger charge is 2.27. The summed E-state index contributed by atoms with van der Waals surface area (Å²) in [5.74, 6) is 0. The minimum atomic E-state index is -1.10. The van der Waals surface area contributed by atoms with Crippen molar-refractivity contribution in [1.82, 2.24) is 0 Å². The zero-order chi connectivity index (χ0) is 13.4. The van der Waals surface area contributed by atoms with Gasteiger partial charge in [-0.1, -0.05) is 30.3 Å². The number of rotatable bonds is 7. The number of benzene rings is 1. The number of hydrogen-bond acceptors (Lipinski definition) is 4. The lowest BCUT2D eigenvalue weighted by Crippen LogP contribution is -2.40. The van der Waals surface area contributed by atoms with E-state index in [1.165, 1.54) is 0 Å². The molecule has 0 spiro atoms. The molecule has 0 heterocycles. The highest BCUT2D eigenvalue weighted by Crippen LogP contribution is 2.17. The van der Waals surface area contributed by atoms with Gasteiger partial charge in [-0.15, -0.1) is 0 Å². The molecule has 0 saturated heterocycles. The molecule has 18 heavy (non-hydrogen) atoms. The standard InChI is InChI=1S/C14H20N2O2/c1-12(2)18-9-8-17-11-14(16,10-15)13-6-4-3-5-7-13/h3-7,12H,8-9,11,16H2,1-2H3. The summed E-state index contributed by atoms with van der Waals surface area (Å²) in [5.41, 5.74) is 5.70. The van der Waals surface area contributed by atoms with Gasteiger partial charge >= 0.3 is 0 Å². The lowest BCUT2D eigenvalue weighted by Gasteiger charge is -2.22. The molecule has 0 saturated carbocycles. The van der Waals surface area contributed by atoms with E-state index in [0.29, 0.717) is 13.2 Å². The van der Waals surface area contributed by atoms with Gasteiger partial charge < -0.3 is 15.2 Å². The maximum atomic E-state index is 9.20. The number of nitrogens with two attached hydrogens (primary N) is 1. The second-order valence-corrected chi connectivity index (χ2v) is 4.42. The topological polar surface area (TPSA) is 68.3 Å². The molecule has 1 aromatic rings. The first kappa shape index (κ1) is 14.7. The van der Waals surface area contributed by atoms with Crippen LogP contribution in [0.5, 0.6) is 0 Å². The SMILES string of the molecule is CC(C)OCCOCC(N)(C#N)c1ccccc1. The molecular weight excluding hydrogens is 228 g/mol. The summed E-state index contributed by atoms with van der Waals surface area (Å²) in [6, 6.07) is 11.4. The van der Waals surface area contributed by atoms with Crippen LogP contribution in [0.2, 0.25) is 0 Å². The molecule has 2 N–H and O–H groups in total. The van der Waals surface area contributed by atoms with Crippen molar-refractivity contribution in [2.75, 3.05) is 19.8 Å². The predicted octanol–water partition coefficient (Wildman–Crippen LogP) is 1.81. The Kier molecular flexibility index (Phi) is 5.79. The average molecular weight is 248 g/mol. The van der Waals surface area contributed by atoms with E-state index in [1.807, 2.05) is 44.2 Å². The van der Waals surface area contributed by atoms with Crippen LogP contribution >= 0.6 is 0 Å². The monoisotopic (exact) mass is 248 g/mol. The van der Waals surface area contributed by atoms with Crippen molar-refractivity contribution in [3.63, 3.8) is 0 Å². The normalized spacial score (nSPS) is 14.2. The Labute approximate surface area is 108 Å². The zero-order valence-corrected chi connectivity index (χ0v) is 10.9. The molecule has 0 fully saturated rings. The predicted molar refractivity (Wildman–Crippen MR) is 69.8 cm³/mol. The Morgan fingerprint density at radius 1 is 1.28 bits per heavy atom. The van der Waals surface area contributed by atoms with Crippen LogP contribution in [-0.2, 0) is 15.0 Å². The van der Waals surface area contributed by atoms with Gasteiger partial charge in [0.05, 0.1) is 32.0 Å². The molecule has 1 rings (SSSR count). The van der Waals surface area contributed by atoms with Crippen LogP contribution in [0.4, 0.5) is 0 Å². The molecule has 4 nitrogen and oxygen atoms in total. The molecule has 0 amide bonds. The quantitative estimate of drug-likeness (QED) is 0.747. The van der Waals surface area contributed by atoms with Gasteiger partial charge in [-0.25, -0.2) is 0 Å². The van der Waals surface area contributed by atoms with E-state index in [-0.39, 0.29) is 12.7 Å². The second kappa shape index (κ2) is 7.12. The third kappa shape index (κ3) is 4.46. The molecule has 0 aliphatic carbocycles. The summed E-state index contributed by atoms with van der Waals surface area (Å²) in [5, 5.41) is 9.20. The minimum absolute atomic E-state index is 0.162. The van der Waals surface area contributed by atoms with E-state index in [9.17, 15) is 5.26 Å². The highest BCUT2D eigenvalue weighted by molar-refractivity contribution is 5.30. The molecule has 1 unspecified atom stereocenters. The first-order chi connectivity index (χ1) is 8.58. The van der Waals surface area contributed by atoms with Gasteiger partial charge in [0.15, 0.2) is 5.54 Å². The van der Waals surface area contributed by atoms with E-state index in [4.69, 9.17) is 15.2 Å². The van der Waals surface area contributed by atoms with Crippen molar-refractivity contribution >= 4 is 0 Å². The van der Waals surface area contributed by atoms with Crippen LogP contribution in [0.1, 0.15) is 19.4 Å². The van der Waals surface area contributed by atoms with E-state index in [0.717, 1.165) is 5.56 Å². The van der Waals surface area contributed by atoms with E-state index in [2.05, 4.69) is 6.07 Å². The van der Waals surface area contributed by atoms with Gasteiger partial charge in [0.1, 0.15) is 0 Å². The first-order valence-electron chi connectivity index (χ1n) is 6.03. The summed E-state index contributed by atoms with van der Waals surface area (Å²) in [7, 11) is 0. The van der Waals surface area contributed by atoms with Gasteiger partial charge in [0.2, 0.25) is 0 Å². The van der Waals surface area contributed by atoms with E-state index < -0.39 is 5.54 Å². The molecule has 4 heteroatoms. The summed E-state index contributed by atoms with van der Waals surface area (Å²) >= 11 is 0.